The molecule has 0 nitrogen and oxygen atoms in total. The second-order valence-electron chi connectivity index (χ2n) is 22.8. The molecule has 0 radical (unpaired) electrons. The van der Waals surface area contributed by atoms with E-state index >= 15 is 0 Å². The Balaban J connectivity index is 1.77. The summed E-state index contributed by atoms with van der Waals surface area (Å²) in [5, 5.41) is 8.54. The molecule has 8 rings (SSSR count). The normalized spacial score (nSPS) is 11.6. The van der Waals surface area contributed by atoms with Gasteiger partial charge < -0.3 is 0 Å². The lowest BCUT2D eigenvalue weighted by molar-refractivity contribution is 1.82. The maximum absolute atomic E-state index is 2.50. The van der Waals surface area contributed by atoms with Crippen LogP contribution in [-0.4, -0.2) is 220 Å². The van der Waals surface area contributed by atoms with E-state index in [2.05, 4.69) is 220 Å². The third-order valence-electron chi connectivity index (χ3n) is 20.4. The predicted octanol–water partition coefficient (Wildman–Crippen LogP) is -37.0. The Morgan fingerprint density at radius 1 is 0.0857 bits per heavy atom. The summed E-state index contributed by atoms with van der Waals surface area (Å²) in [5.41, 5.74) is 50.6. The molecule has 0 bridgehead atoms. The van der Waals surface area contributed by atoms with Gasteiger partial charge in [0.15, 0.2) is 0 Å². The van der Waals surface area contributed by atoms with Crippen molar-refractivity contribution in [3.05, 3.63) is 0 Å². The molecule has 0 N–H and O–H groups in total. The molecular formula is C42H56B28. The molecule has 0 heterocycles. The van der Waals surface area contributed by atoms with E-state index in [0.717, 1.165) is 0 Å². The maximum atomic E-state index is 2.50. The van der Waals surface area contributed by atoms with Gasteiger partial charge in [-0.1, -0.05) is 92.9 Å². The number of fused-ring (bicyclic) bond motifs is 3. The summed E-state index contributed by atoms with van der Waals surface area (Å²) in [6, 6.07) is 0. The fraction of sp³-hybridized carbons (Fsp3) is 0. The number of benzene rings is 8. The molecule has 0 aliphatic rings. The van der Waals surface area contributed by atoms with Crippen molar-refractivity contribution < 1.29 is 0 Å². The summed E-state index contributed by atoms with van der Waals surface area (Å²) in [4.78, 5) is 0. The largest absolute Gasteiger partial charge is 0.140 e. The lowest BCUT2D eigenvalue weighted by Crippen LogP contribution is -2.57. The average molecular weight is 864 g/mol. The molecule has 0 aromatic heterocycles. The van der Waals surface area contributed by atoms with E-state index in [4.69, 9.17) is 0 Å². The van der Waals surface area contributed by atoms with Crippen molar-refractivity contribution in [1.82, 2.24) is 0 Å². The second kappa shape index (κ2) is 18.1. The van der Waals surface area contributed by atoms with E-state index in [1.807, 2.05) is 0 Å². The van der Waals surface area contributed by atoms with Crippen LogP contribution in [0.5, 0.6) is 0 Å². The molecule has 0 aliphatic heterocycles. The SMILES string of the molecule is Bc1c(B)c(B)c(-c2c(B)c(B)c(-c3c4c(B)c(B)c(B)c(B)c4c(-c4c(B)c(B)c(B)c(B)c4B)c4c(B)c(-c5c(B)c(B)c(B)c6c(B)c(B)c(B)c(B)c56)c(B)c(B)c34)c(B)c2B)c(B)c1B. The number of hydrogen-bond donors (Lipinski definition) is 0. The smallest absolute Gasteiger partial charge is 0.102 e. The van der Waals surface area contributed by atoms with Crippen LogP contribution in [0.15, 0.2) is 0 Å². The Hall–Kier alpha value is -3.64. The monoisotopic (exact) mass is 869 g/mol. The third kappa shape index (κ3) is 6.98. The van der Waals surface area contributed by atoms with E-state index < -0.39 is 0 Å². The second-order valence-corrected chi connectivity index (χ2v) is 22.8. The van der Waals surface area contributed by atoms with Crippen molar-refractivity contribution in [2.75, 3.05) is 0 Å². The van der Waals surface area contributed by atoms with Crippen molar-refractivity contribution in [3.63, 3.8) is 0 Å². The molecule has 0 spiro atoms. The van der Waals surface area contributed by atoms with E-state index in [0.29, 0.717) is 0 Å². The summed E-state index contributed by atoms with van der Waals surface area (Å²) in [7, 11) is 66.9. The topological polar surface area (TPSA) is 0 Å². The Labute approximate surface area is 446 Å². The van der Waals surface area contributed by atoms with Gasteiger partial charge in [-0.05, 0) is 76.8 Å². The van der Waals surface area contributed by atoms with Gasteiger partial charge in [-0.2, -0.15) is 0 Å². The van der Waals surface area contributed by atoms with Crippen LogP contribution in [0.25, 0.3) is 76.8 Å². The highest BCUT2D eigenvalue weighted by molar-refractivity contribution is 6.77. The van der Waals surface area contributed by atoms with Gasteiger partial charge in [-0.15, -0.1) is 60.1 Å². The van der Waals surface area contributed by atoms with Gasteiger partial charge in [-0.3, -0.25) is 0 Å². The first kappa shape index (κ1) is 52.7. The number of hydrogen-bond acceptors (Lipinski definition) is 0. The fourth-order valence-electron chi connectivity index (χ4n) is 13.9. The van der Waals surface area contributed by atoms with Crippen LogP contribution in [0.2, 0.25) is 0 Å². The molecule has 0 saturated carbocycles. The van der Waals surface area contributed by atoms with Gasteiger partial charge in [0.1, 0.15) is 220 Å². The fourth-order valence-corrected chi connectivity index (χ4v) is 13.9. The molecule has 0 aliphatic carbocycles. The Kier molecular flexibility index (Phi) is 13.6. The standard InChI is InChI=1S/C42H56B28/c43-15-3-1(10-26(54)37(65)41(69)38(66)27(10)55)5-6(18(46)34(62)33(61)17(5)45)2(9-21(49)24(52)13(25(53)22(9)50)14-30(58)39(67)42(70)40(68)31(14)59)4(3)16(44)23(51)11(15)7-8-12(28(56)32(60)19(7)47)29(57)36(64)35(63)20(8)48/h43-70H2. The van der Waals surface area contributed by atoms with Crippen LogP contribution in [0, 0.1) is 0 Å². The van der Waals surface area contributed by atoms with Crippen LogP contribution in [0.3, 0.4) is 0 Å². The minimum atomic E-state index is 1.39. The Morgan fingerprint density at radius 2 is 0.214 bits per heavy atom. The molecule has 0 saturated heterocycles. The molecule has 70 heavy (non-hydrogen) atoms. The molecule has 0 atom stereocenters. The van der Waals surface area contributed by atoms with E-state index in [-0.39, 0.29) is 0 Å². The molecule has 0 fully saturated rings. The highest BCUT2D eigenvalue weighted by Crippen LogP contribution is 2.40. The summed E-state index contributed by atoms with van der Waals surface area (Å²) in [5.74, 6) is 0. The Morgan fingerprint density at radius 3 is 0.514 bits per heavy atom. The zero-order chi connectivity index (χ0) is 52.2. The van der Waals surface area contributed by atoms with E-state index in [1.165, 1.54) is 230 Å². The summed E-state index contributed by atoms with van der Waals surface area (Å²) >= 11 is 0. The molecule has 8 aromatic carbocycles. The van der Waals surface area contributed by atoms with Gasteiger partial charge in [0.25, 0.3) is 0 Å². The van der Waals surface area contributed by atoms with Gasteiger partial charge in [0.05, 0.1) is 0 Å². The molecule has 0 unspecified atom stereocenters. The van der Waals surface area contributed by atoms with Crippen LogP contribution in [0.1, 0.15) is 0 Å². The minimum absolute atomic E-state index is 1.39. The average Bonchev–Trinajstić information content (AvgIpc) is 3.32. The van der Waals surface area contributed by atoms with Crippen molar-refractivity contribution >= 4 is 405 Å². The maximum Gasteiger partial charge on any atom is 0.140 e. The van der Waals surface area contributed by atoms with Crippen LogP contribution in [0.4, 0.5) is 0 Å². The molecular weight excluding hydrogens is 807 g/mol. The van der Waals surface area contributed by atoms with E-state index in [1.54, 1.807) is 0 Å². The van der Waals surface area contributed by atoms with Gasteiger partial charge >= 0.3 is 0 Å². The van der Waals surface area contributed by atoms with Crippen molar-refractivity contribution in [2.45, 2.75) is 0 Å². The van der Waals surface area contributed by atoms with Crippen molar-refractivity contribution in [3.8, 4) is 44.5 Å². The van der Waals surface area contributed by atoms with Gasteiger partial charge in [-0.25, -0.2) is 0 Å². The van der Waals surface area contributed by atoms with Crippen LogP contribution in [-0.2, 0) is 0 Å². The first-order valence-electron chi connectivity index (χ1n) is 26.2. The quantitative estimate of drug-likeness (QED) is 0.122. The van der Waals surface area contributed by atoms with Crippen molar-refractivity contribution in [2.24, 2.45) is 0 Å². The molecule has 308 valence electrons. The molecule has 28 heteroatoms. The lowest BCUT2D eigenvalue weighted by atomic mass is 9.54. The van der Waals surface area contributed by atoms with Crippen molar-refractivity contribution in [1.29, 1.82) is 0 Å². The first-order valence-corrected chi connectivity index (χ1v) is 26.2. The van der Waals surface area contributed by atoms with Gasteiger partial charge in [0.2, 0.25) is 0 Å². The first-order chi connectivity index (χ1) is 32.5. The lowest BCUT2D eigenvalue weighted by Gasteiger charge is -2.33. The third-order valence-corrected chi connectivity index (χ3v) is 20.4. The predicted molar refractivity (Wildman–Crippen MR) is 410 cm³/mol. The van der Waals surface area contributed by atoms with Crippen LogP contribution >= 0.6 is 0 Å². The van der Waals surface area contributed by atoms with Gasteiger partial charge in [0, 0.05) is 0 Å². The summed E-state index contributed by atoms with van der Waals surface area (Å²) < 4.78 is 0. The molecule has 0 amide bonds. The zero-order valence-electron chi connectivity index (χ0n) is 49.0. The molecule has 8 aromatic rings. The summed E-state index contributed by atoms with van der Waals surface area (Å²) in [6.45, 7) is 0. The summed E-state index contributed by atoms with van der Waals surface area (Å²) in [6.07, 6.45) is 0. The van der Waals surface area contributed by atoms with E-state index in [9.17, 15) is 0 Å². The zero-order valence-corrected chi connectivity index (χ0v) is 49.0. The van der Waals surface area contributed by atoms with Crippen LogP contribution < -0.4 is 153 Å². The Bertz CT molecular complexity index is 3710. The highest BCUT2D eigenvalue weighted by atomic mass is 14.3. The minimum Gasteiger partial charge on any atom is -0.102 e. The highest BCUT2D eigenvalue weighted by Gasteiger charge is 2.32. The number of rotatable bonds is 4.